The maximum absolute atomic E-state index is 11.3. The van der Waals surface area contributed by atoms with Crippen molar-refractivity contribution in [3.63, 3.8) is 0 Å². The highest BCUT2D eigenvalue weighted by Crippen LogP contribution is 2.18. The molecular formula is C8H7Cl3O2S. The van der Waals surface area contributed by atoms with Crippen LogP contribution in [0, 0.1) is 0 Å². The van der Waals surface area contributed by atoms with E-state index in [9.17, 15) is 8.42 Å². The van der Waals surface area contributed by atoms with Crippen LogP contribution < -0.4 is 0 Å². The summed E-state index contributed by atoms with van der Waals surface area (Å²) in [5.41, 5.74) is 0.612. The summed E-state index contributed by atoms with van der Waals surface area (Å²) in [6.07, 6.45) is 0. The molecule has 6 heteroatoms. The van der Waals surface area contributed by atoms with E-state index in [2.05, 4.69) is 0 Å². The zero-order chi connectivity index (χ0) is 10.8. The monoisotopic (exact) mass is 272 g/mol. The molecule has 0 unspecified atom stereocenters. The fourth-order valence-electron chi connectivity index (χ4n) is 0.876. The largest absolute Gasteiger partial charge is 0.226 e. The van der Waals surface area contributed by atoms with Gasteiger partial charge in [0.15, 0.2) is 9.84 Å². The van der Waals surface area contributed by atoms with Crippen molar-refractivity contribution < 1.29 is 8.42 Å². The third-order valence-electron chi connectivity index (χ3n) is 1.55. The quantitative estimate of drug-likeness (QED) is 0.793. The van der Waals surface area contributed by atoms with Crippen molar-refractivity contribution in [1.29, 1.82) is 0 Å². The summed E-state index contributed by atoms with van der Waals surface area (Å²) < 4.78 is 21.2. The van der Waals surface area contributed by atoms with Crippen LogP contribution >= 0.6 is 34.8 Å². The van der Waals surface area contributed by atoms with E-state index in [1.54, 1.807) is 24.3 Å². The van der Waals surface area contributed by atoms with Gasteiger partial charge in [0.05, 0.1) is 5.75 Å². The van der Waals surface area contributed by atoms with Crippen LogP contribution in [0.2, 0.25) is 5.02 Å². The number of hydrogen-bond donors (Lipinski definition) is 0. The summed E-state index contributed by atoms with van der Waals surface area (Å²) >= 11 is 16.2. The number of hydrogen-bond acceptors (Lipinski definition) is 2. The molecule has 1 rings (SSSR count). The van der Waals surface area contributed by atoms with Gasteiger partial charge in [-0.3, -0.25) is 0 Å². The first kappa shape index (κ1) is 12.1. The second kappa shape index (κ2) is 4.71. The molecule has 0 bridgehead atoms. The van der Waals surface area contributed by atoms with Crippen molar-refractivity contribution in [1.82, 2.24) is 0 Å². The van der Waals surface area contributed by atoms with E-state index in [-0.39, 0.29) is 5.75 Å². The average Bonchev–Trinajstić information content (AvgIpc) is 2.08. The lowest BCUT2D eigenvalue weighted by Gasteiger charge is -2.04. The van der Waals surface area contributed by atoms with Crippen LogP contribution in [0.4, 0.5) is 0 Å². The average molecular weight is 274 g/mol. The molecule has 0 aliphatic rings. The summed E-state index contributed by atoms with van der Waals surface area (Å²) in [6.45, 7) is 0. The summed E-state index contributed by atoms with van der Waals surface area (Å²) in [7, 11) is -3.48. The molecule has 0 radical (unpaired) electrons. The van der Waals surface area contributed by atoms with Gasteiger partial charge in [-0.2, -0.15) is 0 Å². The van der Waals surface area contributed by atoms with Crippen molar-refractivity contribution in [3.8, 4) is 0 Å². The lowest BCUT2D eigenvalue weighted by atomic mass is 10.2. The summed E-state index contributed by atoms with van der Waals surface area (Å²) in [5.74, 6) is -0.179. The second-order valence-corrected chi connectivity index (χ2v) is 6.83. The van der Waals surface area contributed by atoms with Gasteiger partial charge in [-0.05, 0) is 17.7 Å². The van der Waals surface area contributed by atoms with Gasteiger partial charge < -0.3 is 0 Å². The predicted octanol–water partition coefficient (Wildman–Crippen LogP) is 3.02. The lowest BCUT2D eigenvalue weighted by molar-refractivity contribution is 0.598. The Hall–Kier alpha value is 0.0400. The molecule has 14 heavy (non-hydrogen) atoms. The molecule has 0 spiro atoms. The van der Waals surface area contributed by atoms with Gasteiger partial charge in [0, 0.05) is 5.02 Å². The van der Waals surface area contributed by atoms with Gasteiger partial charge in [-0.15, -0.1) is 0 Å². The molecule has 2 nitrogen and oxygen atoms in total. The Morgan fingerprint density at radius 3 is 2.07 bits per heavy atom. The Morgan fingerprint density at radius 2 is 1.64 bits per heavy atom. The molecule has 0 N–H and O–H groups in total. The molecule has 0 aliphatic heterocycles. The minimum absolute atomic E-state index is 0.179. The molecule has 78 valence electrons. The zero-order valence-corrected chi connectivity index (χ0v) is 10.0. The molecule has 0 atom stereocenters. The zero-order valence-electron chi connectivity index (χ0n) is 6.95. The molecule has 0 saturated heterocycles. The van der Waals surface area contributed by atoms with Gasteiger partial charge in [0.25, 0.3) is 0 Å². The first-order valence-electron chi connectivity index (χ1n) is 3.66. The van der Waals surface area contributed by atoms with Crippen molar-refractivity contribution in [3.05, 3.63) is 34.9 Å². The maximum atomic E-state index is 11.3. The first-order chi connectivity index (χ1) is 6.42. The Morgan fingerprint density at radius 1 is 1.14 bits per heavy atom. The van der Waals surface area contributed by atoms with Gasteiger partial charge in [-0.1, -0.05) is 46.9 Å². The SMILES string of the molecule is O=S(=O)(Cc1ccc(Cl)cc1)C(Cl)Cl. The third-order valence-corrected chi connectivity index (χ3v) is 4.71. The molecule has 0 heterocycles. The van der Waals surface area contributed by atoms with Crippen molar-refractivity contribution in [2.45, 2.75) is 9.92 Å². The van der Waals surface area contributed by atoms with E-state index < -0.39 is 14.0 Å². The highest BCUT2D eigenvalue weighted by Gasteiger charge is 2.20. The Kier molecular flexibility index (Phi) is 4.07. The van der Waals surface area contributed by atoms with Crippen LogP contribution in [0.3, 0.4) is 0 Å². The molecule has 1 aromatic carbocycles. The van der Waals surface area contributed by atoms with E-state index >= 15 is 0 Å². The predicted molar refractivity (Wildman–Crippen MR) is 59.6 cm³/mol. The minimum atomic E-state index is -3.48. The van der Waals surface area contributed by atoms with Crippen molar-refractivity contribution in [2.24, 2.45) is 0 Å². The molecule has 0 fully saturated rings. The number of rotatable bonds is 3. The van der Waals surface area contributed by atoms with Crippen LogP contribution in [-0.2, 0) is 15.6 Å². The van der Waals surface area contributed by atoms with E-state index in [0.717, 1.165) is 0 Å². The van der Waals surface area contributed by atoms with Gasteiger partial charge in [0.1, 0.15) is 0 Å². The van der Waals surface area contributed by atoms with E-state index in [1.165, 1.54) is 0 Å². The van der Waals surface area contributed by atoms with Gasteiger partial charge in [0.2, 0.25) is 4.17 Å². The minimum Gasteiger partial charge on any atom is -0.226 e. The molecule has 0 saturated carbocycles. The number of sulfone groups is 1. The van der Waals surface area contributed by atoms with Crippen LogP contribution in [0.15, 0.2) is 24.3 Å². The fraction of sp³-hybridized carbons (Fsp3) is 0.250. The first-order valence-corrected chi connectivity index (χ1v) is 6.62. The summed E-state index contributed by atoms with van der Waals surface area (Å²) in [5, 5.41) is 0.555. The third kappa shape index (κ3) is 3.31. The standard InChI is InChI=1S/C8H7Cl3O2S/c9-7-3-1-6(2-4-7)5-14(12,13)8(10)11/h1-4,8H,5H2. The summed E-state index contributed by atoms with van der Waals surface area (Å²) in [6, 6.07) is 6.47. The van der Waals surface area contributed by atoms with Crippen LogP contribution in [-0.4, -0.2) is 12.6 Å². The number of halogens is 3. The topological polar surface area (TPSA) is 34.1 Å². The van der Waals surface area contributed by atoms with Crippen LogP contribution in [0.25, 0.3) is 0 Å². The molecule has 1 aromatic rings. The lowest BCUT2D eigenvalue weighted by Crippen LogP contribution is -2.11. The van der Waals surface area contributed by atoms with Gasteiger partial charge >= 0.3 is 0 Å². The fourth-order valence-corrected chi connectivity index (χ4v) is 2.16. The second-order valence-electron chi connectivity index (χ2n) is 2.69. The number of benzene rings is 1. The smallest absolute Gasteiger partial charge is 0.208 e. The van der Waals surface area contributed by atoms with E-state index in [4.69, 9.17) is 34.8 Å². The molecule has 0 aromatic heterocycles. The van der Waals surface area contributed by atoms with Crippen LogP contribution in [0.1, 0.15) is 5.56 Å². The summed E-state index contributed by atoms with van der Waals surface area (Å²) in [4.78, 5) is 0. The highest BCUT2D eigenvalue weighted by atomic mass is 35.5. The Bertz CT molecular complexity index is 397. The van der Waals surface area contributed by atoms with Gasteiger partial charge in [-0.25, -0.2) is 8.42 Å². The van der Waals surface area contributed by atoms with Crippen molar-refractivity contribution >= 4 is 44.6 Å². The highest BCUT2D eigenvalue weighted by molar-refractivity contribution is 7.93. The Balaban J connectivity index is 2.85. The normalized spacial score (nSPS) is 12.0. The van der Waals surface area contributed by atoms with E-state index in [1.807, 2.05) is 0 Å². The number of alkyl halides is 2. The molecule has 0 aliphatic carbocycles. The Labute approximate surface area is 97.7 Å². The molecule has 0 amide bonds. The maximum Gasteiger partial charge on any atom is 0.208 e. The van der Waals surface area contributed by atoms with Crippen LogP contribution in [0.5, 0.6) is 0 Å². The van der Waals surface area contributed by atoms with Crippen molar-refractivity contribution in [2.75, 3.05) is 0 Å². The molecular weight excluding hydrogens is 267 g/mol. The van der Waals surface area contributed by atoms with E-state index in [0.29, 0.717) is 10.6 Å².